The molecule has 1 aromatic carbocycles. The second-order valence-electron chi connectivity index (χ2n) is 3.81. The molecular weight excluding hydrogens is 289 g/mol. The summed E-state index contributed by atoms with van der Waals surface area (Å²) in [5, 5.41) is 20.4. The summed E-state index contributed by atoms with van der Waals surface area (Å²) in [7, 11) is 0. The summed E-state index contributed by atoms with van der Waals surface area (Å²) in [5.41, 5.74) is -0.0600. The van der Waals surface area contributed by atoms with Gasteiger partial charge in [-0.05, 0) is 25.1 Å². The third kappa shape index (κ3) is 3.31. The van der Waals surface area contributed by atoms with Gasteiger partial charge < -0.3 is 5.11 Å². The Bertz CT molecular complexity index is 613. The first kappa shape index (κ1) is 14.0. The number of halogens is 1. The molecule has 7 heteroatoms. The van der Waals surface area contributed by atoms with E-state index >= 15 is 0 Å². The highest BCUT2D eigenvalue weighted by molar-refractivity contribution is 8.01. The maximum absolute atomic E-state index is 13.1. The molecule has 1 aromatic heterocycles. The highest BCUT2D eigenvalue weighted by Crippen LogP contribution is 2.43. The van der Waals surface area contributed by atoms with E-state index in [9.17, 15) is 19.6 Å². The van der Waals surface area contributed by atoms with Crippen LogP contribution < -0.4 is 0 Å². The Morgan fingerprint density at radius 1 is 1.47 bits per heavy atom. The third-order valence-electron chi connectivity index (χ3n) is 2.31. The molecule has 0 fully saturated rings. The van der Waals surface area contributed by atoms with Gasteiger partial charge >= 0.3 is 0 Å². The third-order valence-corrected chi connectivity index (χ3v) is 4.79. The molecule has 0 aliphatic carbocycles. The molecular formula is C12H10FNO3S2. The Morgan fingerprint density at radius 2 is 2.21 bits per heavy atom. The molecule has 4 nitrogen and oxygen atoms in total. The molecule has 19 heavy (non-hydrogen) atoms. The fourth-order valence-corrected chi connectivity index (χ4v) is 3.73. The van der Waals surface area contributed by atoms with Crippen molar-refractivity contribution >= 4 is 28.8 Å². The summed E-state index contributed by atoms with van der Waals surface area (Å²) in [6, 6.07) is 7.22. The number of rotatable bonds is 4. The smallest absolute Gasteiger partial charge is 0.294 e. The van der Waals surface area contributed by atoms with Crippen LogP contribution in [0, 0.1) is 15.9 Å². The van der Waals surface area contributed by atoms with Gasteiger partial charge in [-0.3, -0.25) is 10.1 Å². The summed E-state index contributed by atoms with van der Waals surface area (Å²) < 4.78 is 13.5. The number of thiophene rings is 1. The summed E-state index contributed by atoms with van der Waals surface area (Å²) in [5.74, 6) is -0.389. The van der Waals surface area contributed by atoms with Crippen molar-refractivity contribution in [1.29, 1.82) is 0 Å². The van der Waals surface area contributed by atoms with E-state index in [1.54, 1.807) is 19.1 Å². The topological polar surface area (TPSA) is 63.4 Å². The molecule has 2 rings (SSSR count). The van der Waals surface area contributed by atoms with Crippen LogP contribution in [-0.2, 0) is 0 Å². The van der Waals surface area contributed by atoms with E-state index in [4.69, 9.17) is 0 Å². The molecule has 0 unspecified atom stereocenters. The van der Waals surface area contributed by atoms with Gasteiger partial charge in [0.15, 0.2) is 0 Å². The maximum Gasteiger partial charge on any atom is 0.294 e. The summed E-state index contributed by atoms with van der Waals surface area (Å²) in [6.07, 6.45) is -0.759. The van der Waals surface area contributed by atoms with Crippen molar-refractivity contribution in [3.05, 3.63) is 51.1 Å². The molecule has 0 aliphatic heterocycles. The highest BCUT2D eigenvalue weighted by Gasteiger charge is 2.21. The first-order valence-corrected chi connectivity index (χ1v) is 7.00. The molecule has 100 valence electrons. The van der Waals surface area contributed by atoms with Crippen LogP contribution >= 0.6 is 23.1 Å². The molecule has 1 heterocycles. The zero-order chi connectivity index (χ0) is 14.0. The monoisotopic (exact) mass is 299 g/mol. The first-order valence-electron chi connectivity index (χ1n) is 5.37. The number of nitrogens with zero attached hydrogens (tertiary/aromatic N) is 1. The van der Waals surface area contributed by atoms with Crippen LogP contribution in [0.1, 0.15) is 17.9 Å². The van der Waals surface area contributed by atoms with Crippen molar-refractivity contribution in [2.45, 2.75) is 22.1 Å². The minimum atomic E-state index is -0.759. The van der Waals surface area contributed by atoms with Crippen molar-refractivity contribution in [1.82, 2.24) is 0 Å². The summed E-state index contributed by atoms with van der Waals surface area (Å²) in [6.45, 7) is 1.55. The molecule has 0 amide bonds. The van der Waals surface area contributed by atoms with Gasteiger partial charge in [-0.1, -0.05) is 17.8 Å². The van der Waals surface area contributed by atoms with Crippen LogP contribution in [0.25, 0.3) is 0 Å². The molecule has 0 spiro atoms. The van der Waals surface area contributed by atoms with Gasteiger partial charge in [-0.25, -0.2) is 4.39 Å². The molecule has 0 bridgehead atoms. The van der Waals surface area contributed by atoms with Gasteiger partial charge in [0.25, 0.3) is 5.69 Å². The van der Waals surface area contributed by atoms with E-state index in [2.05, 4.69) is 0 Å². The van der Waals surface area contributed by atoms with Crippen molar-refractivity contribution in [3.63, 3.8) is 0 Å². The van der Waals surface area contributed by atoms with E-state index in [1.807, 2.05) is 0 Å². The molecule has 0 radical (unpaired) electrons. The Kier molecular flexibility index (Phi) is 4.18. The van der Waals surface area contributed by atoms with Crippen LogP contribution in [-0.4, -0.2) is 10.0 Å². The Labute approximate surface area is 117 Å². The van der Waals surface area contributed by atoms with Crippen molar-refractivity contribution in [3.8, 4) is 0 Å². The van der Waals surface area contributed by atoms with E-state index in [-0.39, 0.29) is 11.5 Å². The van der Waals surface area contributed by atoms with Gasteiger partial charge in [0, 0.05) is 15.8 Å². The number of hydrogen-bond donors (Lipinski definition) is 1. The van der Waals surface area contributed by atoms with E-state index in [0.29, 0.717) is 14.0 Å². The first-order chi connectivity index (χ1) is 8.97. The van der Waals surface area contributed by atoms with Crippen LogP contribution in [0.5, 0.6) is 0 Å². The fraction of sp³-hybridized carbons (Fsp3) is 0.167. The van der Waals surface area contributed by atoms with Crippen molar-refractivity contribution < 1.29 is 14.4 Å². The lowest BCUT2D eigenvalue weighted by atomic mass is 10.3. The van der Waals surface area contributed by atoms with Gasteiger partial charge in [-0.2, -0.15) is 0 Å². The largest absolute Gasteiger partial charge is 0.388 e. The second kappa shape index (κ2) is 5.68. The molecule has 2 aromatic rings. The molecule has 0 saturated carbocycles. The van der Waals surface area contributed by atoms with Crippen LogP contribution in [0.3, 0.4) is 0 Å². The molecule has 1 N–H and O–H groups in total. The summed E-state index contributed by atoms with van der Waals surface area (Å²) in [4.78, 5) is 11.6. The fourth-order valence-electron chi connectivity index (χ4n) is 1.43. The van der Waals surface area contributed by atoms with E-state index in [1.165, 1.54) is 18.2 Å². The normalized spacial score (nSPS) is 12.4. The lowest BCUT2D eigenvalue weighted by Gasteiger charge is -1.99. The molecule has 0 saturated heterocycles. The van der Waals surface area contributed by atoms with Crippen molar-refractivity contribution in [2.75, 3.05) is 0 Å². The minimum Gasteiger partial charge on any atom is -0.388 e. The average molecular weight is 299 g/mol. The Balaban J connectivity index is 2.36. The standard InChI is InChI=1S/C12H10FNO3S2/c1-7(15)11-6-10(14(16)17)12(19-11)18-9-4-2-3-8(13)5-9/h2-7,15H,1H3/t7-/m0/s1. The van der Waals surface area contributed by atoms with Gasteiger partial charge in [0.05, 0.1) is 11.0 Å². The zero-order valence-electron chi connectivity index (χ0n) is 9.87. The lowest BCUT2D eigenvalue weighted by molar-refractivity contribution is -0.387. The van der Waals surface area contributed by atoms with Crippen LogP contribution in [0.4, 0.5) is 10.1 Å². The number of nitro groups is 1. The Hall–Kier alpha value is -1.44. The number of hydrogen-bond acceptors (Lipinski definition) is 5. The van der Waals surface area contributed by atoms with Crippen LogP contribution in [0.2, 0.25) is 0 Å². The maximum atomic E-state index is 13.1. The van der Waals surface area contributed by atoms with Crippen LogP contribution in [0.15, 0.2) is 39.4 Å². The van der Waals surface area contributed by atoms with E-state index < -0.39 is 11.0 Å². The zero-order valence-corrected chi connectivity index (χ0v) is 11.5. The second-order valence-corrected chi connectivity index (χ2v) is 6.24. The highest BCUT2D eigenvalue weighted by atomic mass is 32.2. The predicted molar refractivity (Wildman–Crippen MR) is 72.1 cm³/mol. The minimum absolute atomic E-state index is 0.0600. The van der Waals surface area contributed by atoms with E-state index in [0.717, 1.165) is 23.1 Å². The average Bonchev–Trinajstić information content (AvgIpc) is 2.73. The number of benzene rings is 1. The number of aliphatic hydroxyl groups is 1. The lowest BCUT2D eigenvalue weighted by Crippen LogP contribution is -1.87. The van der Waals surface area contributed by atoms with Gasteiger partial charge in [0.2, 0.25) is 0 Å². The molecule has 1 atom stereocenters. The molecule has 0 aliphatic rings. The number of aliphatic hydroxyl groups excluding tert-OH is 1. The van der Waals surface area contributed by atoms with Crippen molar-refractivity contribution in [2.24, 2.45) is 0 Å². The van der Waals surface area contributed by atoms with Gasteiger partial charge in [0.1, 0.15) is 10.0 Å². The Morgan fingerprint density at radius 3 is 2.79 bits per heavy atom. The predicted octanol–water partition coefficient (Wildman–Crippen LogP) is 4.00. The summed E-state index contributed by atoms with van der Waals surface area (Å²) >= 11 is 2.27. The SMILES string of the molecule is C[C@H](O)c1cc([N+](=O)[O-])c(Sc2cccc(F)c2)s1. The van der Waals surface area contributed by atoms with Gasteiger partial charge in [-0.15, -0.1) is 11.3 Å². The quantitative estimate of drug-likeness (QED) is 0.684.